The molecule has 0 unspecified atom stereocenters. The van der Waals surface area contributed by atoms with Crippen LogP contribution >= 0.6 is 0 Å². The average Bonchev–Trinajstić information content (AvgIpc) is 2.19. The van der Waals surface area contributed by atoms with E-state index in [1.54, 1.807) is 18.2 Å². The number of benzene rings is 1. The first-order chi connectivity index (χ1) is 7.06. The van der Waals surface area contributed by atoms with E-state index in [0.29, 0.717) is 17.0 Å². The summed E-state index contributed by atoms with van der Waals surface area (Å²) in [6.45, 7) is 3.79. The van der Waals surface area contributed by atoms with Gasteiger partial charge in [-0.05, 0) is 26.0 Å². The first-order valence-corrected chi connectivity index (χ1v) is 4.69. The minimum atomic E-state index is -0.457. The van der Waals surface area contributed by atoms with Crippen molar-refractivity contribution in [3.63, 3.8) is 0 Å². The number of nitrogens with two attached hydrogens (primary N) is 1. The van der Waals surface area contributed by atoms with Crippen LogP contribution in [0.2, 0.25) is 0 Å². The summed E-state index contributed by atoms with van der Waals surface area (Å²) in [5, 5.41) is 0. The largest absolute Gasteiger partial charge is 0.489 e. The molecule has 1 aromatic rings. The summed E-state index contributed by atoms with van der Waals surface area (Å²) >= 11 is 0. The topological polar surface area (TPSA) is 61.5 Å². The number of para-hydroxylation sites is 1. The number of hydrogen-bond acceptors (Lipinski definition) is 4. The minimum absolute atomic E-state index is 0.0141. The average molecular weight is 209 g/mol. The molecule has 1 rings (SSSR count). The van der Waals surface area contributed by atoms with Gasteiger partial charge in [0.25, 0.3) is 0 Å². The highest BCUT2D eigenvalue weighted by Crippen LogP contribution is 2.26. The van der Waals surface area contributed by atoms with Crippen LogP contribution in [0.3, 0.4) is 0 Å². The van der Waals surface area contributed by atoms with Crippen molar-refractivity contribution < 1.29 is 14.3 Å². The van der Waals surface area contributed by atoms with Crippen LogP contribution in [0, 0.1) is 0 Å². The fraction of sp³-hybridized carbons (Fsp3) is 0.364. The minimum Gasteiger partial charge on any atom is -0.489 e. The van der Waals surface area contributed by atoms with Gasteiger partial charge in [-0.25, -0.2) is 4.79 Å². The van der Waals surface area contributed by atoms with E-state index in [4.69, 9.17) is 10.5 Å². The van der Waals surface area contributed by atoms with Crippen molar-refractivity contribution in [3.05, 3.63) is 23.8 Å². The summed E-state index contributed by atoms with van der Waals surface area (Å²) in [4.78, 5) is 11.3. The number of rotatable bonds is 3. The van der Waals surface area contributed by atoms with Crippen molar-refractivity contribution in [2.45, 2.75) is 20.0 Å². The number of esters is 1. The number of anilines is 1. The monoisotopic (exact) mass is 209 g/mol. The Morgan fingerprint density at radius 2 is 2.07 bits per heavy atom. The van der Waals surface area contributed by atoms with Gasteiger partial charge in [-0.1, -0.05) is 6.07 Å². The Balaban J connectivity index is 3.05. The molecule has 0 fully saturated rings. The molecule has 2 N–H and O–H groups in total. The Hall–Kier alpha value is -1.71. The van der Waals surface area contributed by atoms with Crippen molar-refractivity contribution in [1.82, 2.24) is 0 Å². The van der Waals surface area contributed by atoms with E-state index in [9.17, 15) is 4.79 Å². The third kappa shape index (κ3) is 2.62. The van der Waals surface area contributed by atoms with Crippen LogP contribution in [0.1, 0.15) is 24.2 Å². The second-order valence-corrected chi connectivity index (χ2v) is 3.38. The van der Waals surface area contributed by atoms with E-state index >= 15 is 0 Å². The molecule has 4 nitrogen and oxygen atoms in total. The zero-order chi connectivity index (χ0) is 11.4. The van der Waals surface area contributed by atoms with Gasteiger partial charge in [-0.15, -0.1) is 0 Å². The van der Waals surface area contributed by atoms with Crippen LogP contribution in [0.4, 0.5) is 5.69 Å². The van der Waals surface area contributed by atoms with E-state index in [-0.39, 0.29) is 6.10 Å². The fourth-order valence-electron chi connectivity index (χ4n) is 1.19. The number of carbonyl (C=O) groups is 1. The van der Waals surface area contributed by atoms with Gasteiger partial charge in [-0.2, -0.15) is 0 Å². The summed E-state index contributed by atoms with van der Waals surface area (Å²) in [5.41, 5.74) is 6.43. The van der Waals surface area contributed by atoms with Gasteiger partial charge in [0.2, 0.25) is 0 Å². The van der Waals surface area contributed by atoms with Crippen molar-refractivity contribution in [2.75, 3.05) is 12.8 Å². The third-order valence-corrected chi connectivity index (χ3v) is 1.83. The molecule has 0 aliphatic carbocycles. The lowest BCUT2D eigenvalue weighted by molar-refractivity contribution is 0.0601. The molecule has 0 aliphatic rings. The van der Waals surface area contributed by atoms with Crippen molar-refractivity contribution in [3.8, 4) is 5.75 Å². The Bertz CT molecular complexity index is 361. The van der Waals surface area contributed by atoms with E-state index < -0.39 is 5.97 Å². The number of hydrogen-bond donors (Lipinski definition) is 1. The van der Waals surface area contributed by atoms with Gasteiger partial charge < -0.3 is 15.2 Å². The van der Waals surface area contributed by atoms with Crippen molar-refractivity contribution in [1.29, 1.82) is 0 Å². The van der Waals surface area contributed by atoms with E-state index in [1.165, 1.54) is 7.11 Å². The van der Waals surface area contributed by atoms with E-state index in [1.807, 2.05) is 13.8 Å². The maximum Gasteiger partial charge on any atom is 0.340 e. The maximum absolute atomic E-state index is 11.3. The lowest BCUT2D eigenvalue weighted by atomic mass is 10.1. The summed E-state index contributed by atoms with van der Waals surface area (Å²) < 4.78 is 10.1. The summed E-state index contributed by atoms with van der Waals surface area (Å²) in [5.74, 6) is 0.0506. The molecule has 0 amide bonds. The Kier molecular flexibility index (Phi) is 3.55. The van der Waals surface area contributed by atoms with E-state index in [0.717, 1.165) is 0 Å². The molecule has 0 spiro atoms. The highest BCUT2D eigenvalue weighted by molar-refractivity contribution is 5.96. The van der Waals surface area contributed by atoms with E-state index in [2.05, 4.69) is 4.74 Å². The van der Waals surface area contributed by atoms with Gasteiger partial charge in [0.05, 0.1) is 24.5 Å². The maximum atomic E-state index is 11.3. The first-order valence-electron chi connectivity index (χ1n) is 4.69. The molecule has 0 atom stereocenters. The second kappa shape index (κ2) is 4.68. The van der Waals surface area contributed by atoms with Crippen molar-refractivity contribution in [2.24, 2.45) is 0 Å². The van der Waals surface area contributed by atoms with Gasteiger partial charge >= 0.3 is 5.97 Å². The predicted molar refractivity (Wildman–Crippen MR) is 58.0 cm³/mol. The first kappa shape index (κ1) is 11.4. The molecule has 0 heterocycles. The lowest BCUT2D eigenvalue weighted by Gasteiger charge is -2.13. The molecule has 4 heteroatoms. The number of methoxy groups -OCH3 is 1. The zero-order valence-electron chi connectivity index (χ0n) is 9.11. The van der Waals surface area contributed by atoms with Gasteiger partial charge in [0, 0.05) is 0 Å². The summed E-state index contributed by atoms with van der Waals surface area (Å²) in [6, 6.07) is 5.04. The molecule has 0 bridgehead atoms. The van der Waals surface area contributed by atoms with Crippen LogP contribution < -0.4 is 10.5 Å². The van der Waals surface area contributed by atoms with Gasteiger partial charge in [0.15, 0.2) is 0 Å². The number of nitrogen functional groups attached to an aromatic ring is 1. The summed E-state index contributed by atoms with van der Waals surface area (Å²) in [6.07, 6.45) is 0.0141. The van der Waals surface area contributed by atoms with Crippen molar-refractivity contribution >= 4 is 11.7 Å². The SMILES string of the molecule is COC(=O)c1cccc(OC(C)C)c1N. The van der Waals surface area contributed by atoms with Crippen LogP contribution in [-0.4, -0.2) is 19.2 Å². The lowest BCUT2D eigenvalue weighted by Crippen LogP contribution is -2.11. The quantitative estimate of drug-likeness (QED) is 0.609. The molecule has 0 aromatic heterocycles. The molecule has 0 aliphatic heterocycles. The normalized spacial score (nSPS) is 10.1. The third-order valence-electron chi connectivity index (χ3n) is 1.83. The van der Waals surface area contributed by atoms with Crippen LogP contribution in [0.15, 0.2) is 18.2 Å². The molecule has 0 radical (unpaired) electrons. The van der Waals surface area contributed by atoms with Gasteiger partial charge in [0.1, 0.15) is 5.75 Å². The second-order valence-electron chi connectivity index (χ2n) is 3.38. The molecule has 15 heavy (non-hydrogen) atoms. The number of carbonyl (C=O) groups excluding carboxylic acids is 1. The Labute approximate surface area is 89.0 Å². The Morgan fingerprint density at radius 3 is 2.60 bits per heavy atom. The van der Waals surface area contributed by atoms with Crippen LogP contribution in [0.5, 0.6) is 5.75 Å². The zero-order valence-corrected chi connectivity index (χ0v) is 9.11. The fourth-order valence-corrected chi connectivity index (χ4v) is 1.19. The summed E-state index contributed by atoms with van der Waals surface area (Å²) in [7, 11) is 1.32. The van der Waals surface area contributed by atoms with Crippen LogP contribution in [-0.2, 0) is 4.74 Å². The molecule has 82 valence electrons. The Morgan fingerprint density at radius 1 is 1.40 bits per heavy atom. The molecule has 0 saturated carbocycles. The highest BCUT2D eigenvalue weighted by Gasteiger charge is 2.13. The molecule has 1 aromatic carbocycles. The van der Waals surface area contributed by atoms with Gasteiger partial charge in [-0.3, -0.25) is 0 Å². The standard InChI is InChI=1S/C11H15NO3/c1-7(2)15-9-6-4-5-8(10(9)12)11(13)14-3/h4-7H,12H2,1-3H3. The highest BCUT2D eigenvalue weighted by atomic mass is 16.5. The molecular weight excluding hydrogens is 194 g/mol. The molecule has 0 saturated heterocycles. The smallest absolute Gasteiger partial charge is 0.340 e. The predicted octanol–water partition coefficient (Wildman–Crippen LogP) is 1.84. The van der Waals surface area contributed by atoms with Crippen LogP contribution in [0.25, 0.3) is 0 Å². The molecular formula is C11H15NO3. The number of ether oxygens (including phenoxy) is 2.